The van der Waals surface area contributed by atoms with Gasteiger partial charge in [0.2, 0.25) is 23.0 Å². The van der Waals surface area contributed by atoms with Gasteiger partial charge in [0.15, 0.2) is 11.5 Å². The van der Waals surface area contributed by atoms with Crippen LogP contribution >= 0.6 is 11.3 Å². The molecule has 0 aliphatic carbocycles. The third kappa shape index (κ3) is 3.45. The Morgan fingerprint density at radius 2 is 1.96 bits per heavy atom. The van der Waals surface area contributed by atoms with E-state index in [1.165, 1.54) is 23.8 Å². The molecule has 4 rings (SSSR count). The largest absolute Gasteiger partial charge is 0.454 e. The fourth-order valence-corrected chi connectivity index (χ4v) is 4.07. The van der Waals surface area contributed by atoms with Crippen LogP contribution in [0.1, 0.15) is 25.5 Å². The summed E-state index contributed by atoms with van der Waals surface area (Å²) >= 11 is 1.41. The summed E-state index contributed by atoms with van der Waals surface area (Å²) in [6.45, 7) is 7.61. The van der Waals surface area contributed by atoms with Gasteiger partial charge in [-0.15, -0.1) is 10.2 Å². The van der Waals surface area contributed by atoms with Crippen molar-refractivity contribution in [2.75, 3.05) is 43.2 Å². The van der Waals surface area contributed by atoms with E-state index in [0.717, 1.165) is 42.8 Å². The third-order valence-electron chi connectivity index (χ3n) is 4.71. The second-order valence-corrected chi connectivity index (χ2v) is 7.34. The van der Waals surface area contributed by atoms with E-state index in [0.29, 0.717) is 18.0 Å². The SMILES string of the molecule is CC(=O)Nc1nnc(N2CCN(C(C)c3ccc4c(c3)OCO4)CC2)s1. The number of nitrogens with one attached hydrogen (secondary N) is 1. The zero-order valence-electron chi connectivity index (χ0n) is 14.8. The van der Waals surface area contributed by atoms with Gasteiger partial charge >= 0.3 is 0 Å². The van der Waals surface area contributed by atoms with Gasteiger partial charge < -0.3 is 19.7 Å². The maximum Gasteiger partial charge on any atom is 0.231 e. The molecule has 0 spiro atoms. The summed E-state index contributed by atoms with van der Waals surface area (Å²) in [5.41, 5.74) is 1.23. The van der Waals surface area contributed by atoms with E-state index in [9.17, 15) is 4.79 Å². The highest BCUT2D eigenvalue weighted by Gasteiger charge is 2.25. The predicted octanol–water partition coefficient (Wildman–Crippen LogP) is 2.11. The van der Waals surface area contributed by atoms with Gasteiger partial charge in [-0.2, -0.15) is 0 Å². The molecule has 1 N–H and O–H groups in total. The predicted molar refractivity (Wildman–Crippen MR) is 99.0 cm³/mol. The summed E-state index contributed by atoms with van der Waals surface area (Å²) in [6, 6.07) is 6.46. The molecule has 1 aromatic heterocycles. The number of benzene rings is 1. The summed E-state index contributed by atoms with van der Waals surface area (Å²) < 4.78 is 10.9. The highest BCUT2D eigenvalue weighted by Crippen LogP contribution is 2.35. The standard InChI is InChI=1S/C17H21N5O3S/c1-11(13-3-4-14-15(9-13)25-10-24-14)21-5-7-22(8-6-21)17-20-19-16(26-17)18-12(2)23/h3-4,9,11H,5-8,10H2,1-2H3,(H,18,19,23). The number of aromatic nitrogens is 2. The summed E-state index contributed by atoms with van der Waals surface area (Å²) in [4.78, 5) is 15.8. The van der Waals surface area contributed by atoms with Crippen LogP contribution in [0, 0.1) is 0 Å². The molecule has 1 aromatic carbocycles. The van der Waals surface area contributed by atoms with Gasteiger partial charge in [-0.3, -0.25) is 9.69 Å². The molecule has 1 fully saturated rings. The van der Waals surface area contributed by atoms with Crippen LogP contribution in [0.3, 0.4) is 0 Å². The number of amides is 1. The summed E-state index contributed by atoms with van der Waals surface area (Å²) in [6.07, 6.45) is 0. The van der Waals surface area contributed by atoms with E-state index >= 15 is 0 Å². The molecular formula is C17H21N5O3S. The Hall–Kier alpha value is -2.39. The van der Waals surface area contributed by atoms with Gasteiger partial charge in [-0.05, 0) is 24.6 Å². The lowest BCUT2D eigenvalue weighted by atomic mass is 10.1. The molecule has 138 valence electrons. The molecule has 2 aliphatic heterocycles. The molecular weight excluding hydrogens is 354 g/mol. The van der Waals surface area contributed by atoms with Crippen LogP contribution in [-0.4, -0.2) is 54.0 Å². The molecule has 26 heavy (non-hydrogen) atoms. The van der Waals surface area contributed by atoms with E-state index in [1.807, 2.05) is 6.07 Å². The number of nitrogens with zero attached hydrogens (tertiary/aromatic N) is 4. The smallest absolute Gasteiger partial charge is 0.231 e. The van der Waals surface area contributed by atoms with Crippen molar-refractivity contribution in [2.45, 2.75) is 19.9 Å². The minimum absolute atomic E-state index is 0.130. The van der Waals surface area contributed by atoms with Gasteiger partial charge in [-0.1, -0.05) is 17.4 Å². The second-order valence-electron chi connectivity index (χ2n) is 6.38. The van der Waals surface area contributed by atoms with Crippen LogP contribution in [0.4, 0.5) is 10.3 Å². The number of carbonyl (C=O) groups is 1. The minimum atomic E-state index is -0.130. The highest BCUT2D eigenvalue weighted by molar-refractivity contribution is 7.19. The topological polar surface area (TPSA) is 79.8 Å². The normalized spacial score (nSPS) is 18.0. The van der Waals surface area contributed by atoms with E-state index in [-0.39, 0.29) is 5.91 Å². The molecule has 1 atom stereocenters. The Bertz CT molecular complexity index is 803. The highest BCUT2D eigenvalue weighted by atomic mass is 32.1. The molecule has 3 heterocycles. The van der Waals surface area contributed by atoms with Crippen LogP contribution in [0.5, 0.6) is 11.5 Å². The van der Waals surface area contributed by atoms with Crippen molar-refractivity contribution in [1.82, 2.24) is 15.1 Å². The van der Waals surface area contributed by atoms with Crippen molar-refractivity contribution in [3.8, 4) is 11.5 Å². The molecule has 2 aromatic rings. The molecule has 0 radical (unpaired) electrons. The Morgan fingerprint density at radius 1 is 1.19 bits per heavy atom. The van der Waals surface area contributed by atoms with Gasteiger partial charge in [0, 0.05) is 39.1 Å². The summed E-state index contributed by atoms with van der Waals surface area (Å²) in [5, 5.41) is 12.3. The van der Waals surface area contributed by atoms with Gasteiger partial charge in [0.25, 0.3) is 0 Å². The fraction of sp³-hybridized carbons (Fsp3) is 0.471. The first-order valence-electron chi connectivity index (χ1n) is 8.60. The van der Waals surface area contributed by atoms with Crippen LogP contribution in [0.15, 0.2) is 18.2 Å². The molecule has 8 nitrogen and oxygen atoms in total. The Balaban J connectivity index is 1.37. The zero-order valence-corrected chi connectivity index (χ0v) is 15.6. The van der Waals surface area contributed by atoms with Crippen molar-refractivity contribution in [3.05, 3.63) is 23.8 Å². The first-order chi connectivity index (χ1) is 12.6. The number of piperazine rings is 1. The van der Waals surface area contributed by atoms with E-state index in [1.54, 1.807) is 0 Å². The lowest BCUT2D eigenvalue weighted by molar-refractivity contribution is -0.114. The van der Waals surface area contributed by atoms with Crippen molar-refractivity contribution in [3.63, 3.8) is 0 Å². The molecule has 0 saturated carbocycles. The van der Waals surface area contributed by atoms with Gasteiger partial charge in [0.05, 0.1) is 0 Å². The van der Waals surface area contributed by atoms with Gasteiger partial charge in [-0.25, -0.2) is 0 Å². The summed E-state index contributed by atoms with van der Waals surface area (Å²) in [7, 11) is 0. The van der Waals surface area contributed by atoms with Crippen molar-refractivity contribution in [2.24, 2.45) is 0 Å². The van der Waals surface area contributed by atoms with Crippen LogP contribution in [0.25, 0.3) is 0 Å². The molecule has 1 unspecified atom stereocenters. The maximum atomic E-state index is 11.1. The summed E-state index contributed by atoms with van der Waals surface area (Å²) in [5.74, 6) is 1.51. The van der Waals surface area contributed by atoms with Gasteiger partial charge in [0.1, 0.15) is 0 Å². The zero-order chi connectivity index (χ0) is 18.1. The number of ether oxygens (including phenoxy) is 2. The first-order valence-corrected chi connectivity index (χ1v) is 9.41. The van der Waals surface area contributed by atoms with Crippen LogP contribution in [-0.2, 0) is 4.79 Å². The lowest BCUT2D eigenvalue weighted by Gasteiger charge is -2.38. The van der Waals surface area contributed by atoms with Crippen molar-refractivity contribution >= 4 is 27.5 Å². The molecule has 9 heteroatoms. The van der Waals surface area contributed by atoms with E-state index < -0.39 is 0 Å². The molecule has 1 amide bonds. The monoisotopic (exact) mass is 375 g/mol. The Labute approximate surface area is 155 Å². The number of fused-ring (bicyclic) bond motifs is 1. The number of anilines is 2. The van der Waals surface area contributed by atoms with E-state index in [4.69, 9.17) is 9.47 Å². The first kappa shape index (κ1) is 17.0. The molecule has 2 aliphatic rings. The Morgan fingerprint density at radius 3 is 2.73 bits per heavy atom. The van der Waals surface area contributed by atoms with E-state index in [2.05, 4.69) is 44.4 Å². The lowest BCUT2D eigenvalue weighted by Crippen LogP contribution is -2.47. The van der Waals surface area contributed by atoms with Crippen LogP contribution < -0.4 is 19.7 Å². The minimum Gasteiger partial charge on any atom is -0.454 e. The number of carbonyl (C=O) groups excluding carboxylic acids is 1. The average molecular weight is 375 g/mol. The number of hydrogen-bond acceptors (Lipinski definition) is 8. The quantitative estimate of drug-likeness (QED) is 0.877. The van der Waals surface area contributed by atoms with Crippen LogP contribution in [0.2, 0.25) is 0 Å². The average Bonchev–Trinajstić information content (AvgIpc) is 3.29. The van der Waals surface area contributed by atoms with Crippen molar-refractivity contribution in [1.29, 1.82) is 0 Å². The number of rotatable bonds is 4. The molecule has 1 saturated heterocycles. The fourth-order valence-electron chi connectivity index (χ4n) is 3.23. The Kier molecular flexibility index (Phi) is 4.64. The second kappa shape index (κ2) is 7.08. The van der Waals surface area contributed by atoms with Crippen molar-refractivity contribution < 1.29 is 14.3 Å². The molecule has 0 bridgehead atoms. The number of hydrogen-bond donors (Lipinski definition) is 1. The third-order valence-corrected chi connectivity index (χ3v) is 5.61. The maximum absolute atomic E-state index is 11.1.